The van der Waals surface area contributed by atoms with Crippen molar-refractivity contribution in [2.45, 2.75) is 17.1 Å². The standard InChI is InChI=1S/C15H16N2O2S/c1-19-15(18)8-11-4-2-3-5-12(11)10-20-14-6-7-17-9-13(14)16/h2-7,9H,8,10,16H2,1H3. The number of benzene rings is 1. The van der Waals surface area contributed by atoms with E-state index in [1.807, 2.05) is 30.3 Å². The number of anilines is 1. The van der Waals surface area contributed by atoms with E-state index in [1.54, 1.807) is 24.2 Å². The van der Waals surface area contributed by atoms with Crippen LogP contribution in [-0.4, -0.2) is 18.1 Å². The maximum absolute atomic E-state index is 11.4. The fourth-order valence-corrected chi connectivity index (χ4v) is 2.75. The van der Waals surface area contributed by atoms with Gasteiger partial charge >= 0.3 is 5.97 Å². The number of carbonyl (C=O) groups is 1. The van der Waals surface area contributed by atoms with E-state index < -0.39 is 0 Å². The van der Waals surface area contributed by atoms with Gasteiger partial charge in [-0.2, -0.15) is 0 Å². The second-order valence-corrected chi connectivity index (χ2v) is 5.24. The minimum Gasteiger partial charge on any atom is -0.469 e. The quantitative estimate of drug-likeness (QED) is 0.677. The predicted molar refractivity (Wildman–Crippen MR) is 80.4 cm³/mol. The van der Waals surface area contributed by atoms with Crippen LogP contribution >= 0.6 is 11.8 Å². The number of thioether (sulfide) groups is 1. The van der Waals surface area contributed by atoms with Crippen molar-refractivity contribution in [3.05, 3.63) is 53.9 Å². The monoisotopic (exact) mass is 288 g/mol. The molecule has 0 atom stereocenters. The van der Waals surface area contributed by atoms with Gasteiger partial charge in [0.05, 0.1) is 25.4 Å². The molecule has 0 aliphatic carbocycles. The zero-order valence-corrected chi connectivity index (χ0v) is 12.0. The summed E-state index contributed by atoms with van der Waals surface area (Å²) in [6.45, 7) is 0. The van der Waals surface area contributed by atoms with Crippen LogP contribution in [0.4, 0.5) is 5.69 Å². The summed E-state index contributed by atoms with van der Waals surface area (Å²) in [5.41, 5.74) is 8.63. The van der Waals surface area contributed by atoms with Gasteiger partial charge in [0.25, 0.3) is 0 Å². The third-order valence-corrected chi connectivity index (χ3v) is 4.01. The Morgan fingerprint density at radius 2 is 2.05 bits per heavy atom. The van der Waals surface area contributed by atoms with Gasteiger partial charge in [-0.05, 0) is 17.2 Å². The van der Waals surface area contributed by atoms with Gasteiger partial charge < -0.3 is 10.5 Å². The van der Waals surface area contributed by atoms with Crippen molar-refractivity contribution in [2.75, 3.05) is 12.8 Å². The Morgan fingerprint density at radius 3 is 2.75 bits per heavy atom. The minimum atomic E-state index is -0.231. The molecule has 20 heavy (non-hydrogen) atoms. The van der Waals surface area contributed by atoms with E-state index in [-0.39, 0.29) is 5.97 Å². The predicted octanol–water partition coefficient (Wildman–Crippen LogP) is 2.67. The molecule has 4 nitrogen and oxygen atoms in total. The van der Waals surface area contributed by atoms with Crippen LogP contribution in [0.2, 0.25) is 0 Å². The third kappa shape index (κ3) is 3.74. The van der Waals surface area contributed by atoms with Gasteiger partial charge in [-0.25, -0.2) is 0 Å². The number of methoxy groups -OCH3 is 1. The lowest BCUT2D eigenvalue weighted by atomic mass is 10.1. The molecular formula is C15H16N2O2S. The summed E-state index contributed by atoms with van der Waals surface area (Å²) in [6.07, 6.45) is 3.65. The minimum absolute atomic E-state index is 0.231. The van der Waals surface area contributed by atoms with Crippen LogP contribution in [0.5, 0.6) is 0 Å². The lowest BCUT2D eigenvalue weighted by Crippen LogP contribution is -2.06. The van der Waals surface area contributed by atoms with E-state index in [0.717, 1.165) is 21.8 Å². The second-order valence-electron chi connectivity index (χ2n) is 4.22. The molecule has 0 unspecified atom stereocenters. The Hall–Kier alpha value is -2.01. The van der Waals surface area contributed by atoms with E-state index in [1.165, 1.54) is 7.11 Å². The first-order valence-corrected chi connectivity index (χ1v) is 7.15. The number of aromatic nitrogens is 1. The summed E-state index contributed by atoms with van der Waals surface area (Å²) in [4.78, 5) is 16.4. The van der Waals surface area contributed by atoms with Crippen LogP contribution < -0.4 is 5.73 Å². The van der Waals surface area contributed by atoms with Gasteiger partial charge in [-0.1, -0.05) is 24.3 Å². The molecule has 0 spiro atoms. The van der Waals surface area contributed by atoms with Crippen LogP contribution in [0.25, 0.3) is 0 Å². The first kappa shape index (κ1) is 14.4. The van der Waals surface area contributed by atoms with Crippen molar-refractivity contribution >= 4 is 23.4 Å². The number of pyridine rings is 1. The van der Waals surface area contributed by atoms with Crippen LogP contribution in [0.15, 0.2) is 47.6 Å². The van der Waals surface area contributed by atoms with E-state index in [2.05, 4.69) is 4.98 Å². The maximum Gasteiger partial charge on any atom is 0.309 e. The molecule has 0 radical (unpaired) electrons. The molecule has 0 aliphatic heterocycles. The molecule has 0 amide bonds. The second kappa shape index (κ2) is 6.96. The largest absolute Gasteiger partial charge is 0.469 e. The first-order valence-electron chi connectivity index (χ1n) is 6.16. The van der Waals surface area contributed by atoms with Gasteiger partial charge in [0.15, 0.2) is 0 Å². The molecule has 2 aromatic rings. The molecule has 0 saturated heterocycles. The van der Waals surface area contributed by atoms with Crippen molar-refractivity contribution in [3.8, 4) is 0 Å². The Kier molecular flexibility index (Phi) is 5.01. The van der Waals surface area contributed by atoms with Gasteiger partial charge in [0.2, 0.25) is 0 Å². The van der Waals surface area contributed by atoms with Crippen LogP contribution in [0, 0.1) is 0 Å². The Morgan fingerprint density at radius 1 is 1.30 bits per heavy atom. The van der Waals surface area contributed by atoms with Crippen molar-refractivity contribution in [2.24, 2.45) is 0 Å². The Bertz CT molecular complexity index is 602. The average Bonchev–Trinajstić information content (AvgIpc) is 2.47. The van der Waals surface area contributed by atoms with Gasteiger partial charge in [0, 0.05) is 16.8 Å². The lowest BCUT2D eigenvalue weighted by Gasteiger charge is -2.09. The van der Waals surface area contributed by atoms with Crippen molar-refractivity contribution in [1.82, 2.24) is 4.98 Å². The van der Waals surface area contributed by atoms with Crippen LogP contribution in [-0.2, 0) is 21.7 Å². The normalized spacial score (nSPS) is 10.2. The van der Waals surface area contributed by atoms with Crippen molar-refractivity contribution < 1.29 is 9.53 Å². The first-order chi connectivity index (χ1) is 9.70. The highest BCUT2D eigenvalue weighted by atomic mass is 32.2. The van der Waals surface area contributed by atoms with Crippen molar-refractivity contribution in [3.63, 3.8) is 0 Å². The fraction of sp³-hybridized carbons (Fsp3) is 0.200. The van der Waals surface area contributed by atoms with E-state index in [0.29, 0.717) is 12.1 Å². The maximum atomic E-state index is 11.4. The number of rotatable bonds is 5. The highest BCUT2D eigenvalue weighted by Gasteiger charge is 2.08. The summed E-state index contributed by atoms with van der Waals surface area (Å²) in [6, 6.07) is 9.74. The Labute approximate surface area is 122 Å². The number of hydrogen-bond acceptors (Lipinski definition) is 5. The summed E-state index contributed by atoms with van der Waals surface area (Å²) >= 11 is 1.63. The molecule has 0 fully saturated rings. The van der Waals surface area contributed by atoms with E-state index in [9.17, 15) is 4.79 Å². The summed E-state index contributed by atoms with van der Waals surface area (Å²) in [7, 11) is 1.40. The molecule has 0 bridgehead atoms. The molecule has 2 N–H and O–H groups in total. The molecule has 5 heteroatoms. The van der Waals surface area contributed by atoms with Crippen LogP contribution in [0.1, 0.15) is 11.1 Å². The highest BCUT2D eigenvalue weighted by Crippen LogP contribution is 2.28. The molecule has 1 aromatic carbocycles. The molecule has 1 aromatic heterocycles. The van der Waals surface area contributed by atoms with E-state index in [4.69, 9.17) is 10.5 Å². The smallest absolute Gasteiger partial charge is 0.309 e. The topological polar surface area (TPSA) is 65.2 Å². The fourth-order valence-electron chi connectivity index (χ4n) is 1.78. The third-order valence-electron chi connectivity index (χ3n) is 2.87. The zero-order valence-electron chi connectivity index (χ0n) is 11.2. The average molecular weight is 288 g/mol. The highest BCUT2D eigenvalue weighted by molar-refractivity contribution is 7.98. The summed E-state index contributed by atoms with van der Waals surface area (Å²) in [5, 5.41) is 0. The Balaban J connectivity index is 2.10. The number of nitrogens with two attached hydrogens (primary N) is 1. The summed E-state index contributed by atoms with van der Waals surface area (Å²) in [5.74, 6) is 0.521. The molecule has 2 rings (SSSR count). The molecule has 0 saturated carbocycles. The van der Waals surface area contributed by atoms with Gasteiger partial charge in [0.1, 0.15) is 0 Å². The number of nitrogens with zero attached hydrogens (tertiary/aromatic N) is 1. The number of esters is 1. The zero-order chi connectivity index (χ0) is 14.4. The van der Waals surface area contributed by atoms with Gasteiger partial charge in [-0.15, -0.1) is 11.8 Å². The van der Waals surface area contributed by atoms with Gasteiger partial charge in [-0.3, -0.25) is 9.78 Å². The number of carbonyl (C=O) groups excluding carboxylic acids is 1. The lowest BCUT2D eigenvalue weighted by molar-refractivity contribution is -0.139. The van der Waals surface area contributed by atoms with E-state index >= 15 is 0 Å². The van der Waals surface area contributed by atoms with Crippen molar-refractivity contribution in [1.29, 1.82) is 0 Å². The van der Waals surface area contributed by atoms with Crippen LogP contribution in [0.3, 0.4) is 0 Å². The molecular weight excluding hydrogens is 272 g/mol. The number of ether oxygens (including phenoxy) is 1. The number of nitrogen functional groups attached to an aromatic ring is 1. The molecule has 1 heterocycles. The number of hydrogen-bond donors (Lipinski definition) is 1. The molecule has 0 aliphatic rings. The summed E-state index contributed by atoms with van der Waals surface area (Å²) < 4.78 is 4.72. The molecule has 104 valence electrons. The SMILES string of the molecule is COC(=O)Cc1ccccc1CSc1ccncc1N.